The molecule has 3 aromatic rings. The molecule has 1 N–H and O–H groups in total. The third-order valence-electron chi connectivity index (χ3n) is 5.61. The van der Waals surface area contributed by atoms with Gasteiger partial charge in [0.25, 0.3) is 0 Å². The number of ether oxygens (including phenoxy) is 1. The molecule has 1 aliphatic rings. The van der Waals surface area contributed by atoms with E-state index in [4.69, 9.17) is 4.74 Å². The predicted octanol–water partition coefficient (Wildman–Crippen LogP) is 4.00. The number of carbonyl (C=O) groups excluding carboxylic acids is 1. The Morgan fingerprint density at radius 2 is 1.90 bits per heavy atom. The van der Waals surface area contributed by atoms with Gasteiger partial charge in [-0.25, -0.2) is 4.98 Å². The average molecular weight is 417 g/mol. The monoisotopic (exact) mass is 416 g/mol. The zero-order valence-electron chi connectivity index (χ0n) is 17.8. The number of carbonyl (C=O) groups is 1. The van der Waals surface area contributed by atoms with Crippen molar-refractivity contribution >= 4 is 11.7 Å². The molecule has 4 rings (SSSR count). The Morgan fingerprint density at radius 3 is 2.61 bits per heavy atom. The molecule has 0 aliphatic carbocycles. The van der Waals surface area contributed by atoms with Gasteiger partial charge in [0, 0.05) is 25.5 Å². The predicted molar refractivity (Wildman–Crippen MR) is 121 cm³/mol. The zero-order chi connectivity index (χ0) is 21.5. The van der Waals surface area contributed by atoms with Gasteiger partial charge in [-0.1, -0.05) is 42.5 Å². The van der Waals surface area contributed by atoms with Crippen LogP contribution in [0.15, 0.2) is 73.2 Å². The maximum absolute atomic E-state index is 13.3. The van der Waals surface area contributed by atoms with Gasteiger partial charge in [0.05, 0.1) is 24.8 Å². The molecule has 0 saturated carbocycles. The lowest BCUT2D eigenvalue weighted by Gasteiger charge is -2.33. The molecule has 1 aliphatic heterocycles. The molecule has 0 bridgehead atoms. The Morgan fingerprint density at radius 1 is 1.13 bits per heavy atom. The molecule has 2 heterocycles. The van der Waals surface area contributed by atoms with Gasteiger partial charge in [-0.2, -0.15) is 0 Å². The van der Waals surface area contributed by atoms with E-state index in [1.54, 1.807) is 18.6 Å². The number of benzene rings is 2. The molecule has 1 saturated heterocycles. The topological polar surface area (TPSA) is 67.3 Å². The van der Waals surface area contributed by atoms with Gasteiger partial charge in [0.15, 0.2) is 0 Å². The van der Waals surface area contributed by atoms with Gasteiger partial charge in [-0.15, -0.1) is 0 Å². The number of rotatable bonds is 7. The number of nitrogens with one attached hydrogen (secondary N) is 1. The van der Waals surface area contributed by atoms with Crippen LogP contribution in [0.3, 0.4) is 0 Å². The first-order chi connectivity index (χ1) is 15.2. The quantitative estimate of drug-likeness (QED) is 0.631. The third kappa shape index (κ3) is 5.20. The number of hydrogen-bond donors (Lipinski definition) is 1. The van der Waals surface area contributed by atoms with Gasteiger partial charge in [0.2, 0.25) is 5.91 Å². The van der Waals surface area contributed by atoms with E-state index in [0.29, 0.717) is 13.2 Å². The van der Waals surface area contributed by atoms with Crippen molar-refractivity contribution in [2.45, 2.75) is 25.8 Å². The molecule has 2 aromatic carbocycles. The maximum Gasteiger partial charge on any atom is 0.225 e. The Kier molecular flexibility index (Phi) is 6.77. The summed E-state index contributed by atoms with van der Waals surface area (Å²) >= 11 is 0. The molecule has 1 amide bonds. The maximum atomic E-state index is 13.3. The van der Waals surface area contributed by atoms with E-state index >= 15 is 0 Å². The smallest absolute Gasteiger partial charge is 0.225 e. The van der Waals surface area contributed by atoms with E-state index < -0.39 is 0 Å². The molecule has 2 unspecified atom stereocenters. The third-order valence-corrected chi connectivity index (χ3v) is 5.61. The lowest BCUT2D eigenvalue weighted by molar-refractivity contribution is -0.125. The van der Waals surface area contributed by atoms with Crippen molar-refractivity contribution in [3.05, 3.63) is 84.3 Å². The number of piperidine rings is 1. The lowest BCUT2D eigenvalue weighted by atomic mass is 9.94. The summed E-state index contributed by atoms with van der Waals surface area (Å²) in [6.45, 7) is 4.14. The fourth-order valence-corrected chi connectivity index (χ4v) is 4.04. The Bertz CT molecular complexity index is 964. The Balaban J connectivity index is 1.51. The SMILES string of the molecule is CCOc1ccc(C(NC(=O)C2CCCN(c3cnccn3)C2)c2ccccc2)cc1. The van der Waals surface area contributed by atoms with Crippen molar-refractivity contribution in [2.75, 3.05) is 24.6 Å². The summed E-state index contributed by atoms with van der Waals surface area (Å²) in [7, 11) is 0. The summed E-state index contributed by atoms with van der Waals surface area (Å²) in [6, 6.07) is 17.8. The average Bonchev–Trinajstić information content (AvgIpc) is 2.84. The number of nitrogens with zero attached hydrogens (tertiary/aromatic N) is 3. The van der Waals surface area contributed by atoms with Gasteiger partial charge < -0.3 is 15.0 Å². The highest BCUT2D eigenvalue weighted by atomic mass is 16.5. The summed E-state index contributed by atoms with van der Waals surface area (Å²) < 4.78 is 5.57. The fraction of sp³-hybridized carbons (Fsp3) is 0.320. The summed E-state index contributed by atoms with van der Waals surface area (Å²) in [5, 5.41) is 3.30. The van der Waals surface area contributed by atoms with E-state index in [1.807, 2.05) is 61.5 Å². The molecular formula is C25H28N4O2. The molecular weight excluding hydrogens is 388 g/mol. The van der Waals surface area contributed by atoms with Crippen LogP contribution in [0, 0.1) is 5.92 Å². The Hall–Kier alpha value is -3.41. The van der Waals surface area contributed by atoms with Crippen LogP contribution in [0.2, 0.25) is 0 Å². The van der Waals surface area contributed by atoms with E-state index in [2.05, 4.69) is 20.2 Å². The number of anilines is 1. The number of amides is 1. The van der Waals surface area contributed by atoms with E-state index in [0.717, 1.165) is 42.1 Å². The van der Waals surface area contributed by atoms with Crippen LogP contribution in [0.1, 0.15) is 36.9 Å². The zero-order valence-corrected chi connectivity index (χ0v) is 17.8. The van der Waals surface area contributed by atoms with Crippen LogP contribution in [0.25, 0.3) is 0 Å². The normalized spacial score (nSPS) is 17.1. The highest BCUT2D eigenvalue weighted by Crippen LogP contribution is 2.27. The van der Waals surface area contributed by atoms with Crippen LogP contribution in [-0.2, 0) is 4.79 Å². The van der Waals surface area contributed by atoms with E-state index in [-0.39, 0.29) is 17.9 Å². The molecule has 6 heteroatoms. The fourth-order valence-electron chi connectivity index (χ4n) is 4.04. The second kappa shape index (κ2) is 10.1. The number of hydrogen-bond acceptors (Lipinski definition) is 5. The summed E-state index contributed by atoms with van der Waals surface area (Å²) in [6.07, 6.45) is 6.93. The minimum atomic E-state index is -0.212. The van der Waals surface area contributed by atoms with Gasteiger partial charge in [0.1, 0.15) is 11.6 Å². The van der Waals surface area contributed by atoms with E-state index in [1.165, 1.54) is 0 Å². The molecule has 1 fully saturated rings. The molecule has 160 valence electrons. The molecule has 0 radical (unpaired) electrons. The van der Waals surface area contributed by atoms with Crippen molar-refractivity contribution < 1.29 is 9.53 Å². The molecule has 6 nitrogen and oxygen atoms in total. The van der Waals surface area contributed by atoms with Gasteiger partial charge >= 0.3 is 0 Å². The Labute approximate surface area is 183 Å². The molecule has 2 atom stereocenters. The summed E-state index contributed by atoms with van der Waals surface area (Å²) in [5.41, 5.74) is 2.09. The highest BCUT2D eigenvalue weighted by molar-refractivity contribution is 5.80. The minimum Gasteiger partial charge on any atom is -0.494 e. The largest absolute Gasteiger partial charge is 0.494 e. The van der Waals surface area contributed by atoms with Gasteiger partial charge in [-0.3, -0.25) is 9.78 Å². The second-order valence-corrected chi connectivity index (χ2v) is 7.70. The lowest BCUT2D eigenvalue weighted by Crippen LogP contribution is -2.44. The second-order valence-electron chi connectivity index (χ2n) is 7.70. The minimum absolute atomic E-state index is 0.0660. The molecule has 31 heavy (non-hydrogen) atoms. The standard InChI is InChI=1S/C25H28N4O2/c1-2-31-22-12-10-20(11-13-22)24(19-7-4-3-5-8-19)28-25(30)21-9-6-16-29(18-21)23-17-26-14-15-27-23/h3-5,7-8,10-15,17,21,24H,2,6,9,16,18H2,1H3,(H,28,30). The van der Waals surface area contributed by atoms with E-state index in [9.17, 15) is 4.79 Å². The van der Waals surface area contributed by atoms with Gasteiger partial charge in [-0.05, 0) is 43.0 Å². The van der Waals surface area contributed by atoms with Crippen LogP contribution >= 0.6 is 0 Å². The van der Waals surface area contributed by atoms with Crippen molar-refractivity contribution in [2.24, 2.45) is 5.92 Å². The van der Waals surface area contributed by atoms with Crippen molar-refractivity contribution in [3.63, 3.8) is 0 Å². The van der Waals surface area contributed by atoms with Crippen molar-refractivity contribution in [1.82, 2.24) is 15.3 Å². The van der Waals surface area contributed by atoms with Crippen molar-refractivity contribution in [1.29, 1.82) is 0 Å². The molecule has 1 aromatic heterocycles. The summed E-state index contributed by atoms with van der Waals surface area (Å²) in [4.78, 5) is 24.0. The molecule has 0 spiro atoms. The van der Waals surface area contributed by atoms with Crippen LogP contribution in [0.5, 0.6) is 5.75 Å². The highest BCUT2D eigenvalue weighted by Gasteiger charge is 2.28. The summed E-state index contributed by atoms with van der Waals surface area (Å²) in [5.74, 6) is 1.63. The van der Waals surface area contributed by atoms with Crippen molar-refractivity contribution in [3.8, 4) is 5.75 Å². The first-order valence-corrected chi connectivity index (χ1v) is 10.8. The first kappa shape index (κ1) is 20.8. The van der Waals surface area contributed by atoms with Crippen LogP contribution in [-0.4, -0.2) is 35.6 Å². The number of aromatic nitrogens is 2. The van der Waals surface area contributed by atoms with Crippen LogP contribution < -0.4 is 15.0 Å². The van der Waals surface area contributed by atoms with Crippen LogP contribution in [0.4, 0.5) is 5.82 Å². The first-order valence-electron chi connectivity index (χ1n) is 10.8.